The summed E-state index contributed by atoms with van der Waals surface area (Å²) >= 11 is 0. The summed E-state index contributed by atoms with van der Waals surface area (Å²) in [6.45, 7) is 8.76. The Morgan fingerprint density at radius 3 is 2.44 bits per heavy atom. The summed E-state index contributed by atoms with van der Waals surface area (Å²) in [6.07, 6.45) is 9.71. The van der Waals surface area contributed by atoms with Crippen molar-refractivity contribution in [1.29, 1.82) is 0 Å². The van der Waals surface area contributed by atoms with Gasteiger partial charge in [-0.2, -0.15) is 0 Å². The molecule has 0 saturated carbocycles. The van der Waals surface area contributed by atoms with Gasteiger partial charge in [0.05, 0.1) is 0 Å². The summed E-state index contributed by atoms with van der Waals surface area (Å²) in [5, 5.41) is 2.80. The van der Waals surface area contributed by atoms with E-state index in [1.807, 2.05) is 6.92 Å². The lowest BCUT2D eigenvalue weighted by molar-refractivity contribution is -0.116. The van der Waals surface area contributed by atoms with E-state index in [0.29, 0.717) is 6.54 Å². The van der Waals surface area contributed by atoms with Crippen LogP contribution in [0.5, 0.6) is 0 Å². The van der Waals surface area contributed by atoms with Crippen molar-refractivity contribution in [3.63, 3.8) is 0 Å². The van der Waals surface area contributed by atoms with Crippen molar-refractivity contribution in [2.75, 3.05) is 6.54 Å². The molecule has 90 valence electrons. The Morgan fingerprint density at radius 1 is 1.19 bits per heavy atom. The summed E-state index contributed by atoms with van der Waals surface area (Å²) < 4.78 is 0. The number of amides is 1. The molecule has 0 radical (unpaired) electrons. The average Bonchev–Trinajstić information content (AvgIpc) is 2.17. The first-order valence-corrected chi connectivity index (χ1v) is 5.75. The van der Waals surface area contributed by atoms with E-state index in [2.05, 4.69) is 38.2 Å². The Labute approximate surface area is 99.1 Å². The Hall–Kier alpha value is -1.31. The molecule has 0 aliphatic heterocycles. The fourth-order valence-corrected chi connectivity index (χ4v) is 1.23. The number of hydrogen-bond donors (Lipinski definition) is 1. The zero-order valence-corrected chi connectivity index (χ0v) is 10.8. The first-order chi connectivity index (χ1) is 7.56. The second-order valence-electron chi connectivity index (χ2n) is 4.12. The quantitative estimate of drug-likeness (QED) is 0.540. The Balaban J connectivity index is 3.79. The van der Waals surface area contributed by atoms with Gasteiger partial charge in [-0.1, -0.05) is 29.4 Å². The second-order valence-corrected chi connectivity index (χ2v) is 4.12. The zero-order chi connectivity index (χ0) is 12.4. The van der Waals surface area contributed by atoms with E-state index in [-0.39, 0.29) is 5.91 Å². The van der Waals surface area contributed by atoms with Crippen LogP contribution in [0.15, 0.2) is 35.5 Å². The van der Waals surface area contributed by atoms with Gasteiger partial charge in [-0.15, -0.1) is 0 Å². The molecule has 1 amide bonds. The van der Waals surface area contributed by atoms with Gasteiger partial charge < -0.3 is 5.32 Å². The molecule has 0 aliphatic rings. The topological polar surface area (TPSA) is 29.1 Å². The maximum Gasteiger partial charge on any atom is 0.243 e. The first kappa shape index (κ1) is 14.7. The number of allylic oxidation sites excluding steroid dienone is 4. The third-order valence-electron chi connectivity index (χ3n) is 2.14. The highest BCUT2D eigenvalue weighted by atomic mass is 16.1. The van der Waals surface area contributed by atoms with Crippen molar-refractivity contribution >= 4 is 5.91 Å². The lowest BCUT2D eigenvalue weighted by Crippen LogP contribution is -2.20. The van der Waals surface area contributed by atoms with Crippen LogP contribution in [0.4, 0.5) is 0 Å². The fraction of sp³-hybridized carbons (Fsp3) is 0.500. The molecule has 0 bridgehead atoms. The van der Waals surface area contributed by atoms with Gasteiger partial charge >= 0.3 is 0 Å². The van der Waals surface area contributed by atoms with Crippen LogP contribution in [-0.2, 0) is 4.79 Å². The SMILES string of the molecule is C/C=C/C(=O)NC/C=C(\C)CCC=C(C)C. The van der Waals surface area contributed by atoms with Crippen LogP contribution in [0, 0.1) is 0 Å². The molecular formula is C14H23NO. The highest BCUT2D eigenvalue weighted by Gasteiger charge is 1.92. The minimum Gasteiger partial charge on any atom is -0.349 e. The molecule has 0 atom stereocenters. The van der Waals surface area contributed by atoms with Gasteiger partial charge in [0.25, 0.3) is 0 Å². The minimum atomic E-state index is -0.0316. The molecule has 0 saturated heterocycles. The standard InChI is InChI=1S/C14H23NO/c1-5-7-14(16)15-11-10-13(4)9-6-8-12(2)3/h5,7-8,10H,6,9,11H2,1-4H3,(H,15,16)/b7-5+,13-10+. The van der Waals surface area contributed by atoms with Crippen LogP contribution in [0.3, 0.4) is 0 Å². The highest BCUT2D eigenvalue weighted by molar-refractivity contribution is 5.87. The van der Waals surface area contributed by atoms with E-state index in [1.54, 1.807) is 6.08 Å². The van der Waals surface area contributed by atoms with Crippen LogP contribution >= 0.6 is 0 Å². The molecule has 0 unspecified atom stereocenters. The summed E-state index contributed by atoms with van der Waals surface area (Å²) in [7, 11) is 0. The van der Waals surface area contributed by atoms with E-state index in [9.17, 15) is 4.79 Å². The lowest BCUT2D eigenvalue weighted by atomic mass is 10.1. The number of nitrogens with one attached hydrogen (secondary N) is 1. The number of hydrogen-bond acceptors (Lipinski definition) is 1. The molecule has 0 spiro atoms. The molecule has 0 aromatic carbocycles. The van der Waals surface area contributed by atoms with E-state index in [4.69, 9.17) is 0 Å². The van der Waals surface area contributed by atoms with Crippen LogP contribution in [0.25, 0.3) is 0 Å². The average molecular weight is 221 g/mol. The van der Waals surface area contributed by atoms with Crippen LogP contribution in [-0.4, -0.2) is 12.5 Å². The molecule has 0 aliphatic carbocycles. The van der Waals surface area contributed by atoms with Gasteiger partial charge in [0.1, 0.15) is 0 Å². The Kier molecular flexibility index (Phi) is 8.22. The van der Waals surface area contributed by atoms with Gasteiger partial charge in [0.2, 0.25) is 5.91 Å². The van der Waals surface area contributed by atoms with Crippen LogP contribution in [0.2, 0.25) is 0 Å². The molecule has 0 aromatic heterocycles. The smallest absolute Gasteiger partial charge is 0.243 e. The highest BCUT2D eigenvalue weighted by Crippen LogP contribution is 2.05. The Morgan fingerprint density at radius 2 is 1.88 bits per heavy atom. The number of carbonyl (C=O) groups excluding carboxylic acids is 1. The lowest BCUT2D eigenvalue weighted by Gasteiger charge is -2.00. The fourth-order valence-electron chi connectivity index (χ4n) is 1.23. The van der Waals surface area contributed by atoms with Crippen molar-refractivity contribution < 1.29 is 4.79 Å². The van der Waals surface area contributed by atoms with Gasteiger partial charge in [-0.05, 0) is 46.6 Å². The summed E-state index contributed by atoms with van der Waals surface area (Å²) in [5.74, 6) is -0.0316. The third-order valence-corrected chi connectivity index (χ3v) is 2.14. The maximum atomic E-state index is 11.1. The minimum absolute atomic E-state index is 0.0316. The second kappa shape index (κ2) is 8.96. The molecule has 2 nitrogen and oxygen atoms in total. The Bertz CT molecular complexity index is 294. The summed E-state index contributed by atoms with van der Waals surface area (Å²) in [5.41, 5.74) is 2.67. The van der Waals surface area contributed by atoms with Crippen molar-refractivity contribution in [3.8, 4) is 0 Å². The van der Waals surface area contributed by atoms with E-state index in [1.165, 1.54) is 17.2 Å². The van der Waals surface area contributed by atoms with Crippen molar-refractivity contribution in [1.82, 2.24) is 5.32 Å². The molecule has 1 N–H and O–H groups in total. The predicted octanol–water partition coefficient (Wildman–Crippen LogP) is 3.37. The van der Waals surface area contributed by atoms with E-state index >= 15 is 0 Å². The molecule has 2 heteroatoms. The monoisotopic (exact) mass is 221 g/mol. The van der Waals surface area contributed by atoms with Gasteiger partial charge in [0.15, 0.2) is 0 Å². The largest absolute Gasteiger partial charge is 0.349 e. The van der Waals surface area contributed by atoms with Gasteiger partial charge in [-0.3, -0.25) is 4.79 Å². The molecule has 16 heavy (non-hydrogen) atoms. The zero-order valence-electron chi connectivity index (χ0n) is 10.8. The number of rotatable bonds is 6. The molecule has 0 aromatic rings. The normalized spacial score (nSPS) is 11.6. The van der Waals surface area contributed by atoms with Crippen molar-refractivity contribution in [2.24, 2.45) is 0 Å². The van der Waals surface area contributed by atoms with Gasteiger partial charge in [-0.25, -0.2) is 0 Å². The molecule has 0 fully saturated rings. The van der Waals surface area contributed by atoms with Crippen molar-refractivity contribution in [3.05, 3.63) is 35.5 Å². The summed E-state index contributed by atoms with van der Waals surface area (Å²) in [4.78, 5) is 11.1. The summed E-state index contributed by atoms with van der Waals surface area (Å²) in [6, 6.07) is 0. The van der Waals surface area contributed by atoms with Crippen molar-refractivity contribution in [2.45, 2.75) is 40.5 Å². The maximum absolute atomic E-state index is 11.1. The molecule has 0 rings (SSSR count). The van der Waals surface area contributed by atoms with E-state index < -0.39 is 0 Å². The predicted molar refractivity (Wildman–Crippen MR) is 70.2 cm³/mol. The molecule has 0 heterocycles. The van der Waals surface area contributed by atoms with Crippen LogP contribution in [0.1, 0.15) is 40.5 Å². The van der Waals surface area contributed by atoms with E-state index in [0.717, 1.165) is 12.8 Å². The number of carbonyl (C=O) groups is 1. The van der Waals surface area contributed by atoms with Crippen LogP contribution < -0.4 is 5.32 Å². The molecular weight excluding hydrogens is 198 g/mol. The third kappa shape index (κ3) is 9.25. The van der Waals surface area contributed by atoms with Gasteiger partial charge in [0, 0.05) is 6.54 Å². The first-order valence-electron chi connectivity index (χ1n) is 5.75.